The maximum absolute atomic E-state index is 12.5. The Morgan fingerprint density at radius 2 is 0.884 bits per heavy atom. The highest BCUT2D eigenvalue weighted by atomic mass is 16.8. The third-order valence-electron chi connectivity index (χ3n) is 12.4. The molecule has 0 aromatic rings. The molecule has 17 N–H and O–H groups in total. The third kappa shape index (κ3) is 13.8. The summed E-state index contributed by atoms with van der Waals surface area (Å²) in [5.41, 5.74) is 0. The molecule has 29 nitrogen and oxygen atoms in total. The van der Waals surface area contributed by atoms with Gasteiger partial charge in [0.1, 0.15) is 122 Å². The van der Waals surface area contributed by atoms with Crippen molar-refractivity contribution < 1.29 is 134 Å². The molecule has 29 heteroatoms. The molecule has 5 heterocycles. The number of hydrogen-bond acceptors (Lipinski definition) is 27. The molecule has 5 saturated heterocycles. The Kier molecular flexibility index (Phi) is 22.4. The van der Waals surface area contributed by atoms with Crippen LogP contribution in [0.2, 0.25) is 0 Å². The zero-order valence-electron chi connectivity index (χ0n) is 37.8. The molecular formula is C40H70N2O27. The fourth-order valence-corrected chi connectivity index (χ4v) is 8.48. The number of aliphatic hydroxyl groups is 15. The van der Waals surface area contributed by atoms with Crippen molar-refractivity contribution in [1.82, 2.24) is 10.6 Å². The number of nitrogens with one attached hydrogen (secondary N) is 2. The van der Waals surface area contributed by atoms with Crippen molar-refractivity contribution >= 4 is 11.8 Å². The van der Waals surface area contributed by atoms with Gasteiger partial charge < -0.3 is 135 Å². The maximum atomic E-state index is 12.5. The van der Waals surface area contributed by atoms with Gasteiger partial charge in [-0.15, -0.1) is 0 Å². The van der Waals surface area contributed by atoms with Crippen LogP contribution in [0, 0.1) is 0 Å². The number of carbonyl (C=O) groups is 2. The summed E-state index contributed by atoms with van der Waals surface area (Å²) in [6, 6.07) is -1.73. The quantitative estimate of drug-likeness (QED) is 0.0448. The minimum absolute atomic E-state index is 0.0400. The number of carbonyl (C=O) groups excluding carboxylic acids is 2. The highest BCUT2D eigenvalue weighted by Crippen LogP contribution is 2.36. The van der Waals surface area contributed by atoms with Gasteiger partial charge >= 0.3 is 0 Å². The molecule has 0 aliphatic carbocycles. The van der Waals surface area contributed by atoms with Crippen molar-refractivity contribution in [2.75, 3.05) is 46.2 Å². The van der Waals surface area contributed by atoms with Gasteiger partial charge in [-0.3, -0.25) is 9.59 Å². The summed E-state index contributed by atoms with van der Waals surface area (Å²) >= 11 is 0. The molecule has 0 saturated carbocycles. The summed E-state index contributed by atoms with van der Waals surface area (Å²) < 4.78 is 56.9. The van der Waals surface area contributed by atoms with Crippen molar-refractivity contribution in [3.05, 3.63) is 0 Å². The number of hydrogen-bond donors (Lipinski definition) is 17. The van der Waals surface area contributed by atoms with Gasteiger partial charge in [0.25, 0.3) is 0 Å². The first kappa shape index (κ1) is 57.8. The number of rotatable bonds is 22. The zero-order chi connectivity index (χ0) is 50.9. The van der Waals surface area contributed by atoms with E-state index in [4.69, 9.17) is 47.4 Å². The topological polar surface area (TPSA) is 454 Å². The predicted octanol–water partition coefficient (Wildman–Crippen LogP) is -10.1. The van der Waals surface area contributed by atoms with E-state index in [2.05, 4.69) is 10.6 Å². The molecule has 5 fully saturated rings. The van der Waals surface area contributed by atoms with E-state index < -0.39 is 192 Å². The first-order valence-electron chi connectivity index (χ1n) is 22.7. The van der Waals surface area contributed by atoms with Crippen molar-refractivity contribution in [2.45, 2.75) is 193 Å². The minimum Gasteiger partial charge on any atom is -0.394 e. The molecular weight excluding hydrogens is 940 g/mol. The van der Waals surface area contributed by atoms with Gasteiger partial charge in [0.15, 0.2) is 31.5 Å². The third-order valence-corrected chi connectivity index (χ3v) is 12.4. The highest BCUT2D eigenvalue weighted by Gasteiger charge is 2.57. The van der Waals surface area contributed by atoms with Crippen molar-refractivity contribution in [3.8, 4) is 0 Å². The van der Waals surface area contributed by atoms with Crippen LogP contribution in [-0.2, 0) is 57.0 Å². The average molecular weight is 1010 g/mol. The van der Waals surface area contributed by atoms with Crippen LogP contribution in [0.5, 0.6) is 0 Å². The van der Waals surface area contributed by atoms with Crippen molar-refractivity contribution in [1.29, 1.82) is 0 Å². The van der Waals surface area contributed by atoms with Gasteiger partial charge in [0.2, 0.25) is 11.8 Å². The zero-order valence-corrected chi connectivity index (χ0v) is 37.8. The lowest BCUT2D eigenvalue weighted by Gasteiger charge is -2.50. The van der Waals surface area contributed by atoms with E-state index in [1.807, 2.05) is 6.92 Å². The monoisotopic (exact) mass is 1010 g/mol. The molecule has 0 bridgehead atoms. The largest absolute Gasteiger partial charge is 0.394 e. The SMILES string of the molecule is CCCCC(=O)NCCCOC1OC(CO)C(OC2OC(CO)C(O)C(OC3OC(CO)C(OC4OC(CO)C(O)C(OC5OC(CO)C(O)C(O)C5O)C4O)C(O)C3NC(C)=O)C2O)C(O)C1O. The second-order valence-corrected chi connectivity index (χ2v) is 17.3. The molecule has 402 valence electrons. The van der Waals surface area contributed by atoms with Gasteiger partial charge in [0, 0.05) is 19.9 Å². The Morgan fingerprint density at radius 3 is 1.38 bits per heavy atom. The summed E-state index contributed by atoms with van der Waals surface area (Å²) in [4.78, 5) is 24.4. The predicted molar refractivity (Wildman–Crippen MR) is 219 cm³/mol. The van der Waals surface area contributed by atoms with Crippen LogP contribution in [-0.4, -0.2) is 288 Å². The molecule has 0 aromatic heterocycles. The molecule has 0 radical (unpaired) electrons. The van der Waals surface area contributed by atoms with Crippen LogP contribution in [0.15, 0.2) is 0 Å². The Morgan fingerprint density at radius 1 is 0.464 bits per heavy atom. The fraction of sp³-hybridized carbons (Fsp3) is 0.950. The van der Waals surface area contributed by atoms with Crippen LogP contribution in [0.1, 0.15) is 39.5 Å². The molecule has 5 aliphatic rings. The van der Waals surface area contributed by atoms with E-state index in [-0.39, 0.29) is 19.1 Å². The summed E-state index contributed by atoms with van der Waals surface area (Å²) in [7, 11) is 0. The second-order valence-electron chi connectivity index (χ2n) is 17.3. The Balaban J connectivity index is 1.28. The van der Waals surface area contributed by atoms with Crippen LogP contribution in [0.4, 0.5) is 0 Å². The number of unbranched alkanes of at least 4 members (excludes halogenated alkanes) is 1. The van der Waals surface area contributed by atoms with E-state index in [0.717, 1.165) is 19.8 Å². The Bertz CT molecular complexity index is 1560. The van der Waals surface area contributed by atoms with Crippen LogP contribution in [0.25, 0.3) is 0 Å². The van der Waals surface area contributed by atoms with Crippen LogP contribution < -0.4 is 10.6 Å². The molecule has 2 amide bonds. The van der Waals surface area contributed by atoms with E-state index in [1.165, 1.54) is 0 Å². The fourth-order valence-electron chi connectivity index (χ4n) is 8.48. The number of aliphatic hydroxyl groups excluding tert-OH is 15. The van der Waals surface area contributed by atoms with E-state index in [0.29, 0.717) is 12.8 Å². The number of amides is 2. The summed E-state index contributed by atoms with van der Waals surface area (Å²) in [5.74, 6) is -0.959. The first-order valence-corrected chi connectivity index (χ1v) is 22.7. The maximum Gasteiger partial charge on any atom is 0.219 e. The average Bonchev–Trinajstić information content (AvgIpc) is 3.33. The lowest BCUT2D eigenvalue weighted by Crippen LogP contribution is -2.70. The summed E-state index contributed by atoms with van der Waals surface area (Å²) in [6.07, 6.45) is -41.5. The molecule has 69 heavy (non-hydrogen) atoms. The standard InChI is InChI=1S/C40H70N2O27/c1-3-4-6-20(49)41-7-5-8-60-37-29(57)27(55)33(19(13-47)65-37)67-40-30(58)34(23(51)16(10-44)63-40)68-36-21(42-14(2)48)25(53)32(18(12-46)64-36)66-39-31(59)35(24(52)17(11-45)62-39)69-38-28(56)26(54)22(50)15(9-43)61-38/h15-19,21-40,43-47,50-59H,3-13H2,1-2H3,(H,41,49)(H,42,48). The van der Waals surface area contributed by atoms with Gasteiger partial charge in [-0.1, -0.05) is 13.3 Å². The normalized spacial score (nSPS) is 45.2. The lowest BCUT2D eigenvalue weighted by atomic mass is 9.94. The second kappa shape index (κ2) is 26.8. The van der Waals surface area contributed by atoms with E-state index in [9.17, 15) is 86.2 Å². The lowest BCUT2D eigenvalue weighted by molar-refractivity contribution is -0.387. The van der Waals surface area contributed by atoms with E-state index >= 15 is 0 Å². The summed E-state index contributed by atoms with van der Waals surface area (Å²) in [6.45, 7) is -1.39. The first-order chi connectivity index (χ1) is 32.8. The van der Waals surface area contributed by atoms with Crippen LogP contribution in [0.3, 0.4) is 0 Å². The molecule has 0 aromatic carbocycles. The molecule has 25 atom stereocenters. The molecule has 5 aliphatic heterocycles. The van der Waals surface area contributed by atoms with E-state index in [1.54, 1.807) is 0 Å². The molecule has 0 spiro atoms. The molecule has 5 rings (SSSR count). The van der Waals surface area contributed by atoms with Gasteiger partial charge in [-0.2, -0.15) is 0 Å². The smallest absolute Gasteiger partial charge is 0.219 e. The van der Waals surface area contributed by atoms with Gasteiger partial charge in [-0.25, -0.2) is 0 Å². The van der Waals surface area contributed by atoms with Crippen LogP contribution >= 0.6 is 0 Å². The highest BCUT2D eigenvalue weighted by molar-refractivity contribution is 5.75. The van der Waals surface area contributed by atoms with Gasteiger partial charge in [-0.05, 0) is 12.8 Å². The minimum atomic E-state index is -2.10. The van der Waals surface area contributed by atoms with Crippen molar-refractivity contribution in [2.24, 2.45) is 0 Å². The van der Waals surface area contributed by atoms with Gasteiger partial charge in [0.05, 0.1) is 39.6 Å². The molecule has 25 unspecified atom stereocenters. The van der Waals surface area contributed by atoms with Crippen molar-refractivity contribution in [3.63, 3.8) is 0 Å². The summed E-state index contributed by atoms with van der Waals surface area (Å²) in [5, 5.41) is 165. The Hall–Kier alpha value is -2.06. The number of ether oxygens (including phenoxy) is 10. The Labute approximate surface area is 394 Å².